The van der Waals surface area contributed by atoms with E-state index in [0.717, 1.165) is 15.9 Å². The highest BCUT2D eigenvalue weighted by molar-refractivity contribution is 9.10. The summed E-state index contributed by atoms with van der Waals surface area (Å²) in [4.78, 5) is 10.5. The molecule has 0 aliphatic carbocycles. The second-order valence-electron chi connectivity index (χ2n) is 4.12. The maximum absolute atomic E-state index is 10.5. The van der Waals surface area contributed by atoms with Crippen LogP contribution >= 0.6 is 15.9 Å². The average molecular weight is 325 g/mol. The van der Waals surface area contributed by atoms with E-state index in [-0.39, 0.29) is 6.42 Å². The van der Waals surface area contributed by atoms with Crippen LogP contribution in [0.3, 0.4) is 0 Å². The molecule has 19 heavy (non-hydrogen) atoms. The fraction of sp³-hybridized carbons (Fsp3) is 0.333. The molecule has 0 unspecified atom stereocenters. The smallest absolute Gasteiger partial charge is 0.303 e. The molecule has 7 heteroatoms. The van der Waals surface area contributed by atoms with Crippen molar-refractivity contribution in [2.75, 3.05) is 0 Å². The van der Waals surface area contributed by atoms with E-state index in [4.69, 9.17) is 5.11 Å². The Bertz CT molecular complexity index is 570. The van der Waals surface area contributed by atoms with Crippen molar-refractivity contribution in [3.63, 3.8) is 0 Å². The third kappa shape index (κ3) is 4.13. The zero-order valence-electron chi connectivity index (χ0n) is 10.2. The summed E-state index contributed by atoms with van der Waals surface area (Å²) >= 11 is 3.42. The lowest BCUT2D eigenvalue weighted by molar-refractivity contribution is -0.137. The maximum atomic E-state index is 10.5. The lowest BCUT2D eigenvalue weighted by Gasteiger charge is -2.04. The second kappa shape index (κ2) is 6.42. The number of aliphatic carboxylic acids is 1. The summed E-state index contributed by atoms with van der Waals surface area (Å²) in [5, 5.41) is 20.1. The number of carboxylic acid groups (broad SMARTS) is 1. The third-order valence-electron chi connectivity index (χ3n) is 2.62. The summed E-state index contributed by atoms with van der Waals surface area (Å²) in [5.74, 6) is -0.0647. The molecule has 0 amide bonds. The van der Waals surface area contributed by atoms with Crippen LogP contribution in [-0.4, -0.2) is 31.3 Å². The Morgan fingerprint density at radius 3 is 3.00 bits per heavy atom. The van der Waals surface area contributed by atoms with Crippen molar-refractivity contribution >= 4 is 21.9 Å². The number of nitrogens with zero attached hydrogens (tertiary/aromatic N) is 4. The van der Waals surface area contributed by atoms with Gasteiger partial charge in [-0.2, -0.15) is 0 Å². The molecule has 0 spiro atoms. The van der Waals surface area contributed by atoms with Gasteiger partial charge < -0.3 is 5.11 Å². The van der Waals surface area contributed by atoms with E-state index in [1.54, 1.807) is 4.68 Å². The predicted octanol–water partition coefficient (Wildman–Crippen LogP) is 1.89. The molecule has 1 heterocycles. The summed E-state index contributed by atoms with van der Waals surface area (Å²) in [6.45, 7) is 0.517. The van der Waals surface area contributed by atoms with Gasteiger partial charge >= 0.3 is 5.97 Å². The van der Waals surface area contributed by atoms with E-state index in [2.05, 4.69) is 31.5 Å². The van der Waals surface area contributed by atoms with Crippen LogP contribution in [0.25, 0.3) is 0 Å². The molecular weight excluding hydrogens is 312 g/mol. The van der Waals surface area contributed by atoms with Crippen LogP contribution in [-0.2, 0) is 17.8 Å². The summed E-state index contributed by atoms with van der Waals surface area (Å²) < 4.78 is 2.67. The molecule has 0 aliphatic heterocycles. The van der Waals surface area contributed by atoms with Gasteiger partial charge in [0.15, 0.2) is 5.82 Å². The lowest BCUT2D eigenvalue weighted by atomic mass is 10.1. The zero-order chi connectivity index (χ0) is 13.7. The van der Waals surface area contributed by atoms with Crippen molar-refractivity contribution in [2.45, 2.75) is 25.8 Å². The molecule has 100 valence electrons. The van der Waals surface area contributed by atoms with Gasteiger partial charge in [0.25, 0.3) is 0 Å². The summed E-state index contributed by atoms with van der Waals surface area (Å²) in [6.07, 6.45) is 1.27. The molecule has 2 aromatic rings. The fourth-order valence-electron chi connectivity index (χ4n) is 1.73. The minimum atomic E-state index is -0.804. The van der Waals surface area contributed by atoms with Gasteiger partial charge in [-0.1, -0.05) is 28.1 Å². The molecule has 6 nitrogen and oxygen atoms in total. The Balaban J connectivity index is 2.01. The first-order valence-corrected chi connectivity index (χ1v) is 6.66. The standard InChI is InChI=1S/C12H13BrN4O2/c13-10-4-1-3-9(7-10)8-11-14-15-16-17(11)6-2-5-12(18)19/h1,3-4,7H,2,5-6,8H2,(H,18,19). The van der Waals surface area contributed by atoms with Gasteiger partial charge in [-0.15, -0.1) is 5.10 Å². The van der Waals surface area contributed by atoms with Crippen LogP contribution < -0.4 is 0 Å². The number of carboxylic acids is 1. The molecule has 1 aromatic heterocycles. The fourth-order valence-corrected chi connectivity index (χ4v) is 2.18. The van der Waals surface area contributed by atoms with E-state index in [9.17, 15) is 4.79 Å². The average Bonchev–Trinajstić information content (AvgIpc) is 2.76. The Labute approximate surface area is 118 Å². The Kier molecular flexibility index (Phi) is 4.62. The predicted molar refractivity (Wildman–Crippen MR) is 71.6 cm³/mol. The summed E-state index contributed by atoms with van der Waals surface area (Å²) in [6, 6.07) is 7.93. The summed E-state index contributed by atoms with van der Waals surface area (Å²) in [5.41, 5.74) is 1.10. The normalized spacial score (nSPS) is 10.6. The molecule has 1 N–H and O–H groups in total. The van der Waals surface area contributed by atoms with Crippen LogP contribution in [0.5, 0.6) is 0 Å². The van der Waals surface area contributed by atoms with Crippen molar-refractivity contribution in [3.05, 3.63) is 40.1 Å². The number of benzene rings is 1. The van der Waals surface area contributed by atoms with Crippen molar-refractivity contribution in [2.24, 2.45) is 0 Å². The molecule has 2 rings (SSSR count). The highest BCUT2D eigenvalue weighted by Gasteiger charge is 2.08. The van der Waals surface area contributed by atoms with Crippen molar-refractivity contribution < 1.29 is 9.90 Å². The number of tetrazole rings is 1. The molecule has 0 atom stereocenters. The monoisotopic (exact) mass is 324 g/mol. The van der Waals surface area contributed by atoms with E-state index in [1.807, 2.05) is 24.3 Å². The number of halogens is 1. The topological polar surface area (TPSA) is 80.9 Å². The molecular formula is C12H13BrN4O2. The van der Waals surface area contributed by atoms with Crippen molar-refractivity contribution in [3.8, 4) is 0 Å². The molecule has 0 bridgehead atoms. The number of aromatic nitrogens is 4. The van der Waals surface area contributed by atoms with E-state index < -0.39 is 5.97 Å². The lowest BCUT2D eigenvalue weighted by Crippen LogP contribution is -2.08. The van der Waals surface area contributed by atoms with Gasteiger partial charge in [0.1, 0.15) is 0 Å². The molecule has 0 fully saturated rings. The summed E-state index contributed by atoms with van der Waals surface area (Å²) in [7, 11) is 0. The highest BCUT2D eigenvalue weighted by Crippen LogP contribution is 2.14. The molecule has 1 aromatic carbocycles. The van der Waals surface area contributed by atoms with Crippen LogP contribution in [0, 0.1) is 0 Å². The zero-order valence-corrected chi connectivity index (χ0v) is 11.7. The first-order chi connectivity index (χ1) is 9.15. The van der Waals surface area contributed by atoms with Gasteiger partial charge in [0, 0.05) is 23.9 Å². The quantitative estimate of drug-likeness (QED) is 0.877. The minimum Gasteiger partial charge on any atom is -0.481 e. The Morgan fingerprint density at radius 2 is 2.26 bits per heavy atom. The third-order valence-corrected chi connectivity index (χ3v) is 3.11. The minimum absolute atomic E-state index is 0.121. The van der Waals surface area contributed by atoms with E-state index in [1.165, 1.54) is 0 Å². The van der Waals surface area contributed by atoms with E-state index in [0.29, 0.717) is 19.4 Å². The van der Waals surface area contributed by atoms with Gasteiger partial charge in [-0.3, -0.25) is 4.79 Å². The second-order valence-corrected chi connectivity index (χ2v) is 5.04. The Hall–Kier alpha value is -1.76. The van der Waals surface area contributed by atoms with Crippen molar-refractivity contribution in [1.29, 1.82) is 0 Å². The Morgan fingerprint density at radius 1 is 1.42 bits per heavy atom. The SMILES string of the molecule is O=C(O)CCCn1nnnc1Cc1cccc(Br)c1. The molecule has 0 saturated heterocycles. The van der Waals surface area contributed by atoms with Crippen molar-refractivity contribution in [1.82, 2.24) is 20.2 Å². The molecule has 0 saturated carbocycles. The van der Waals surface area contributed by atoms with Gasteiger partial charge in [-0.25, -0.2) is 4.68 Å². The number of aryl methyl sites for hydroxylation is 1. The van der Waals surface area contributed by atoms with Gasteiger partial charge in [0.2, 0.25) is 0 Å². The number of rotatable bonds is 6. The number of carbonyl (C=O) groups is 1. The van der Waals surface area contributed by atoms with Crippen LogP contribution in [0.1, 0.15) is 24.2 Å². The highest BCUT2D eigenvalue weighted by atomic mass is 79.9. The number of hydrogen-bond donors (Lipinski definition) is 1. The van der Waals surface area contributed by atoms with E-state index >= 15 is 0 Å². The maximum Gasteiger partial charge on any atom is 0.303 e. The van der Waals surface area contributed by atoms with Gasteiger partial charge in [-0.05, 0) is 34.5 Å². The van der Waals surface area contributed by atoms with Crippen LogP contribution in [0.15, 0.2) is 28.7 Å². The van der Waals surface area contributed by atoms with Gasteiger partial charge in [0.05, 0.1) is 0 Å². The first kappa shape index (κ1) is 13.7. The van der Waals surface area contributed by atoms with Crippen LogP contribution in [0.2, 0.25) is 0 Å². The molecule has 0 aliphatic rings. The largest absolute Gasteiger partial charge is 0.481 e. The number of hydrogen-bond acceptors (Lipinski definition) is 4. The molecule has 0 radical (unpaired) electrons. The van der Waals surface area contributed by atoms with Crippen LogP contribution in [0.4, 0.5) is 0 Å². The first-order valence-electron chi connectivity index (χ1n) is 5.86.